The molecule has 0 amide bonds. The fourth-order valence-corrected chi connectivity index (χ4v) is 5.55. The van der Waals surface area contributed by atoms with Gasteiger partial charge in [0.25, 0.3) is 0 Å². The minimum absolute atomic E-state index is 0.0358. The maximum absolute atomic E-state index is 12.2. The molecule has 0 spiro atoms. The van der Waals surface area contributed by atoms with Crippen molar-refractivity contribution in [3.8, 4) is 0 Å². The van der Waals surface area contributed by atoms with Crippen molar-refractivity contribution in [2.75, 3.05) is 54.2 Å². The summed E-state index contributed by atoms with van der Waals surface area (Å²) in [6.07, 6.45) is 0. The highest BCUT2D eigenvalue weighted by Gasteiger charge is 2.13. The molecule has 10 N–H and O–H groups in total. The summed E-state index contributed by atoms with van der Waals surface area (Å²) in [5.74, 6) is -1.42. The van der Waals surface area contributed by atoms with Crippen molar-refractivity contribution >= 4 is 70.5 Å². The largest absolute Gasteiger partial charge is 0.462 e. The number of carbonyl (C=O) groups is 4. The number of esters is 4. The summed E-state index contributed by atoms with van der Waals surface area (Å²) in [6, 6.07) is 25.7. The average Bonchev–Trinajstić information content (AvgIpc) is 3.29. The molecule has 0 aliphatic carbocycles. The van der Waals surface area contributed by atoms with Crippen LogP contribution in [-0.4, -0.2) is 86.7 Å². The van der Waals surface area contributed by atoms with Gasteiger partial charge in [0.1, 0.15) is 11.6 Å². The third kappa shape index (κ3) is 17.4. The van der Waals surface area contributed by atoms with Gasteiger partial charge in [-0.2, -0.15) is 20.0 Å². The minimum Gasteiger partial charge on any atom is -0.462 e. The Balaban J connectivity index is 1.49. The van der Waals surface area contributed by atoms with Gasteiger partial charge in [-0.3, -0.25) is 0 Å². The van der Waals surface area contributed by atoms with Gasteiger partial charge in [0.15, 0.2) is 0 Å². The van der Waals surface area contributed by atoms with Crippen LogP contribution >= 0.6 is 0 Å². The third-order valence-electron chi connectivity index (χ3n) is 8.60. The number of hydrogen-bond acceptors (Lipinski definition) is 12. The van der Waals surface area contributed by atoms with Gasteiger partial charge in [0.2, 0.25) is 23.8 Å². The first kappa shape index (κ1) is 51.0. The second-order valence-electron chi connectivity index (χ2n) is 13.9. The zero-order chi connectivity index (χ0) is 48.7. The molecule has 0 fully saturated rings. The van der Waals surface area contributed by atoms with Gasteiger partial charge >= 0.3 is 23.9 Å². The van der Waals surface area contributed by atoms with Crippen molar-refractivity contribution in [2.24, 2.45) is 31.4 Å². The van der Waals surface area contributed by atoms with Crippen molar-refractivity contribution in [3.63, 3.8) is 0 Å². The summed E-state index contributed by atoms with van der Waals surface area (Å²) in [5.41, 5.74) is 16.2. The van der Waals surface area contributed by atoms with E-state index in [0.29, 0.717) is 45.0 Å². The molecule has 0 bridgehead atoms. The Bertz CT molecular complexity index is 2470. The van der Waals surface area contributed by atoms with Crippen LogP contribution in [0.2, 0.25) is 0 Å². The summed E-state index contributed by atoms with van der Waals surface area (Å²) >= 11 is 0. The molecule has 0 saturated heterocycles. The Morgan fingerprint density at radius 2 is 0.761 bits per heavy atom. The van der Waals surface area contributed by atoms with Gasteiger partial charge in [0, 0.05) is 35.3 Å². The Hall–Kier alpha value is -8.68. The monoisotopic (exact) mass is 916 g/mol. The fraction of sp³-hybridized carbons (Fsp3) is 0.234. The number of nitrogens with two attached hydrogens (primary N) is 2. The van der Waals surface area contributed by atoms with Crippen LogP contribution < -0.4 is 43.4 Å². The minimum atomic E-state index is -0.462. The van der Waals surface area contributed by atoms with Gasteiger partial charge in [-0.25, -0.2) is 19.2 Å². The first-order valence-electron chi connectivity index (χ1n) is 21.1. The smallest absolute Gasteiger partial charge is 0.338 e. The lowest BCUT2D eigenvalue weighted by Crippen LogP contribution is -2.35. The van der Waals surface area contributed by atoms with Crippen LogP contribution in [0.15, 0.2) is 142 Å². The second-order valence-corrected chi connectivity index (χ2v) is 13.9. The number of guanidine groups is 4. The van der Waals surface area contributed by atoms with Crippen molar-refractivity contribution in [1.29, 1.82) is 0 Å². The number of benzene rings is 4. The molecule has 20 nitrogen and oxygen atoms in total. The lowest BCUT2D eigenvalue weighted by molar-refractivity contribution is 0.0517. The number of aliphatic imine (C=N–C) groups is 4. The predicted octanol–water partition coefficient (Wildman–Crippen LogP) is 5.99. The SMILES string of the molecule is C=C(/N=C(\N=C(/N)Nc1ccc(C(=O)OCC)cc1)Nc1ccc(C(=O)OCC)cc1)NCC(C)NC(=C)/N=C(\N=C(/N)Nc1ccc(C(=O)OCC)cc1)Nc1ccc(C(=O)OCC)cc1. The summed E-state index contributed by atoms with van der Waals surface area (Å²) in [6.45, 7) is 18.1. The van der Waals surface area contributed by atoms with E-state index in [9.17, 15) is 19.2 Å². The molecule has 0 heterocycles. The molecular weight excluding hydrogens is 861 g/mol. The second kappa shape index (κ2) is 26.2. The molecule has 4 rings (SSSR count). The molecule has 0 aliphatic heterocycles. The van der Waals surface area contributed by atoms with Crippen LogP contribution in [0.5, 0.6) is 0 Å². The lowest BCUT2D eigenvalue weighted by atomic mass is 10.2. The van der Waals surface area contributed by atoms with Gasteiger partial charge in [0.05, 0.1) is 48.7 Å². The first-order chi connectivity index (χ1) is 32.2. The zero-order valence-electron chi connectivity index (χ0n) is 38.0. The Kier molecular flexibility index (Phi) is 19.9. The number of carbonyl (C=O) groups excluding carboxylic acids is 4. The predicted molar refractivity (Wildman–Crippen MR) is 261 cm³/mol. The highest BCUT2D eigenvalue weighted by atomic mass is 16.5. The maximum Gasteiger partial charge on any atom is 0.338 e. The summed E-state index contributed by atoms with van der Waals surface area (Å²) in [5, 5.41) is 18.4. The molecule has 67 heavy (non-hydrogen) atoms. The summed E-state index contributed by atoms with van der Waals surface area (Å²) in [7, 11) is 0. The molecule has 0 saturated carbocycles. The summed E-state index contributed by atoms with van der Waals surface area (Å²) < 4.78 is 20.3. The van der Waals surface area contributed by atoms with E-state index < -0.39 is 23.9 Å². The van der Waals surface area contributed by atoms with Gasteiger partial charge in [-0.15, -0.1) is 0 Å². The topological polar surface area (TPSA) is 279 Å². The van der Waals surface area contributed by atoms with Gasteiger partial charge in [-0.05, 0) is 132 Å². The van der Waals surface area contributed by atoms with E-state index in [1.807, 2.05) is 6.92 Å². The zero-order valence-corrected chi connectivity index (χ0v) is 38.0. The Labute approximate surface area is 388 Å². The van der Waals surface area contributed by atoms with Crippen LogP contribution in [0, 0.1) is 0 Å². The standard InChI is InChI=1S/C47H56N12O8/c1-8-64-40(60)32-12-20-36(21-13-32)54-44(48)58-46(56-38-24-16-34(17-25-38)42(62)66-10-3)52-30(6)50-28-29(5)51-31(7)53-47(57-39-26-18-35(19-27-39)43(63)67-11-4)59-45(49)55-37-22-14-33(15-23-37)41(61)65-9-2/h12-27,29,50-51H,6-11,28H2,1-5H3,(H4,48,52,54,56,58)(H4,49,53,55,57,59). The lowest BCUT2D eigenvalue weighted by Gasteiger charge is -2.17. The number of nitrogens with zero attached hydrogens (tertiary/aromatic N) is 4. The van der Waals surface area contributed by atoms with Gasteiger partial charge in [-0.1, -0.05) is 13.2 Å². The van der Waals surface area contributed by atoms with Crippen molar-refractivity contribution in [2.45, 2.75) is 40.7 Å². The van der Waals surface area contributed by atoms with Gasteiger partial charge < -0.3 is 62.3 Å². The summed E-state index contributed by atoms with van der Waals surface area (Å²) in [4.78, 5) is 66.6. The van der Waals surface area contributed by atoms with E-state index in [4.69, 9.17) is 30.4 Å². The van der Waals surface area contributed by atoms with Crippen molar-refractivity contribution in [1.82, 2.24) is 10.6 Å². The maximum atomic E-state index is 12.2. The molecule has 0 aromatic heterocycles. The van der Waals surface area contributed by atoms with E-state index in [-0.39, 0.29) is 74.5 Å². The average molecular weight is 917 g/mol. The Morgan fingerprint density at radius 3 is 1.06 bits per heavy atom. The molecule has 4 aromatic carbocycles. The quantitative estimate of drug-likeness (QED) is 0.0232. The number of hydrogen-bond donors (Lipinski definition) is 8. The highest BCUT2D eigenvalue weighted by molar-refractivity contribution is 6.07. The molecule has 4 aromatic rings. The van der Waals surface area contributed by atoms with Crippen LogP contribution in [0.3, 0.4) is 0 Å². The molecular formula is C47H56N12O8. The van der Waals surface area contributed by atoms with Crippen LogP contribution in [-0.2, 0) is 18.9 Å². The number of anilines is 4. The molecule has 20 heteroatoms. The van der Waals surface area contributed by atoms with Crippen LogP contribution in [0.4, 0.5) is 22.7 Å². The van der Waals surface area contributed by atoms with E-state index in [1.54, 1.807) is 125 Å². The molecule has 1 unspecified atom stereocenters. The van der Waals surface area contributed by atoms with E-state index in [1.165, 1.54) is 0 Å². The van der Waals surface area contributed by atoms with Crippen molar-refractivity contribution in [3.05, 3.63) is 144 Å². The van der Waals surface area contributed by atoms with Crippen molar-refractivity contribution < 1.29 is 38.1 Å². The van der Waals surface area contributed by atoms with Crippen LogP contribution in [0.1, 0.15) is 76.1 Å². The molecule has 0 radical (unpaired) electrons. The normalized spacial score (nSPS) is 12.1. The van der Waals surface area contributed by atoms with E-state index >= 15 is 0 Å². The highest BCUT2D eigenvalue weighted by Crippen LogP contribution is 2.15. The molecule has 0 aliphatic rings. The van der Waals surface area contributed by atoms with Crippen LogP contribution in [0.25, 0.3) is 0 Å². The number of rotatable bonds is 19. The third-order valence-corrected chi connectivity index (χ3v) is 8.60. The van der Waals surface area contributed by atoms with E-state index in [0.717, 1.165) is 0 Å². The molecule has 1 atom stereocenters. The van der Waals surface area contributed by atoms with E-state index in [2.05, 4.69) is 65.0 Å². The first-order valence-corrected chi connectivity index (χ1v) is 21.1. The fourth-order valence-electron chi connectivity index (χ4n) is 5.55. The number of nitrogens with one attached hydrogen (secondary N) is 6. The molecule has 352 valence electrons. The number of ether oxygens (including phenoxy) is 4. The Morgan fingerprint density at radius 1 is 0.478 bits per heavy atom.